The van der Waals surface area contributed by atoms with E-state index in [0.717, 1.165) is 24.8 Å². The van der Waals surface area contributed by atoms with Gasteiger partial charge >= 0.3 is 5.97 Å². The van der Waals surface area contributed by atoms with Crippen LogP contribution in [-0.4, -0.2) is 11.1 Å². The van der Waals surface area contributed by atoms with Gasteiger partial charge in [-0.25, -0.2) is 4.79 Å². The van der Waals surface area contributed by atoms with Crippen molar-refractivity contribution >= 4 is 5.97 Å². The molecular formula is C9H14O2. The Hall–Kier alpha value is -0.790. The highest BCUT2D eigenvalue weighted by Crippen LogP contribution is 2.28. The van der Waals surface area contributed by atoms with Crippen LogP contribution in [0.2, 0.25) is 0 Å². The Morgan fingerprint density at radius 2 is 2.36 bits per heavy atom. The lowest BCUT2D eigenvalue weighted by molar-refractivity contribution is -0.131. The highest BCUT2D eigenvalue weighted by atomic mass is 16.4. The lowest BCUT2D eigenvalue weighted by Crippen LogP contribution is -2.07. The van der Waals surface area contributed by atoms with Crippen molar-refractivity contribution in [3.63, 3.8) is 0 Å². The van der Waals surface area contributed by atoms with Crippen LogP contribution in [0.5, 0.6) is 0 Å². The third-order valence-corrected chi connectivity index (χ3v) is 2.29. The Morgan fingerprint density at radius 1 is 1.64 bits per heavy atom. The van der Waals surface area contributed by atoms with Crippen molar-refractivity contribution in [3.05, 3.63) is 11.6 Å². The Morgan fingerprint density at radius 3 is 2.91 bits per heavy atom. The van der Waals surface area contributed by atoms with E-state index >= 15 is 0 Å². The number of carboxylic acids is 1. The minimum absolute atomic E-state index is 0.486. The minimum Gasteiger partial charge on any atom is -0.478 e. The van der Waals surface area contributed by atoms with E-state index in [4.69, 9.17) is 5.11 Å². The van der Waals surface area contributed by atoms with Gasteiger partial charge in [-0.2, -0.15) is 0 Å². The molecule has 1 aliphatic rings. The molecule has 62 valence electrons. The number of carbonyl (C=O) groups is 1. The first kappa shape index (κ1) is 8.31. The number of hydrogen-bond donors (Lipinski definition) is 1. The Kier molecular flexibility index (Phi) is 2.69. The largest absolute Gasteiger partial charge is 0.478 e. The molecule has 1 aliphatic carbocycles. The van der Waals surface area contributed by atoms with E-state index in [2.05, 4.69) is 6.92 Å². The molecule has 1 N–H and O–H groups in total. The van der Waals surface area contributed by atoms with E-state index < -0.39 is 5.97 Å². The van der Waals surface area contributed by atoms with Crippen molar-refractivity contribution < 1.29 is 9.90 Å². The van der Waals surface area contributed by atoms with Crippen LogP contribution in [0.1, 0.15) is 32.6 Å². The van der Waals surface area contributed by atoms with Gasteiger partial charge < -0.3 is 5.11 Å². The van der Waals surface area contributed by atoms with Crippen LogP contribution in [0.25, 0.3) is 0 Å². The van der Waals surface area contributed by atoms with Crippen LogP contribution in [0, 0.1) is 5.92 Å². The molecule has 0 radical (unpaired) electrons. The monoisotopic (exact) mass is 154 g/mol. The van der Waals surface area contributed by atoms with Crippen molar-refractivity contribution in [1.82, 2.24) is 0 Å². The molecule has 2 nitrogen and oxygen atoms in total. The third kappa shape index (κ3) is 2.37. The second-order valence-corrected chi connectivity index (χ2v) is 3.20. The molecule has 0 unspecified atom stereocenters. The summed E-state index contributed by atoms with van der Waals surface area (Å²) >= 11 is 0. The van der Waals surface area contributed by atoms with Gasteiger partial charge in [0.1, 0.15) is 0 Å². The molecule has 0 saturated heterocycles. The average molecular weight is 154 g/mol. The molecule has 1 fully saturated rings. The summed E-state index contributed by atoms with van der Waals surface area (Å²) < 4.78 is 0. The summed E-state index contributed by atoms with van der Waals surface area (Å²) in [6.07, 6.45) is 5.91. The Balaban J connectivity index is 2.60. The van der Waals surface area contributed by atoms with Gasteiger partial charge in [-0.05, 0) is 25.2 Å². The third-order valence-electron chi connectivity index (χ3n) is 2.29. The molecular weight excluding hydrogens is 140 g/mol. The van der Waals surface area contributed by atoms with E-state index in [1.165, 1.54) is 12.5 Å². The SMILES string of the molecule is C[C@@H]1CCCC/C1=C\C(=O)O. The Bertz CT molecular complexity index is 182. The van der Waals surface area contributed by atoms with Crippen molar-refractivity contribution in [1.29, 1.82) is 0 Å². The highest BCUT2D eigenvalue weighted by molar-refractivity contribution is 5.80. The lowest BCUT2D eigenvalue weighted by Gasteiger charge is -2.20. The fourth-order valence-electron chi connectivity index (χ4n) is 1.58. The maximum absolute atomic E-state index is 10.3. The first-order valence-corrected chi connectivity index (χ1v) is 4.13. The van der Waals surface area contributed by atoms with Crippen molar-refractivity contribution in [2.24, 2.45) is 5.92 Å². The summed E-state index contributed by atoms with van der Waals surface area (Å²) in [5, 5.41) is 8.51. The second-order valence-electron chi connectivity index (χ2n) is 3.20. The van der Waals surface area contributed by atoms with Gasteiger partial charge in [0.05, 0.1) is 0 Å². The predicted molar refractivity (Wildman–Crippen MR) is 43.4 cm³/mol. The topological polar surface area (TPSA) is 37.3 Å². The van der Waals surface area contributed by atoms with Gasteiger partial charge in [-0.3, -0.25) is 0 Å². The zero-order chi connectivity index (χ0) is 8.27. The molecule has 0 aliphatic heterocycles. The summed E-state index contributed by atoms with van der Waals surface area (Å²) in [4.78, 5) is 10.3. The maximum Gasteiger partial charge on any atom is 0.328 e. The van der Waals surface area contributed by atoms with E-state index in [9.17, 15) is 4.79 Å². The lowest BCUT2D eigenvalue weighted by atomic mass is 9.85. The molecule has 0 bridgehead atoms. The van der Waals surface area contributed by atoms with Crippen molar-refractivity contribution in [2.45, 2.75) is 32.6 Å². The van der Waals surface area contributed by atoms with E-state index in [1.807, 2.05) is 0 Å². The van der Waals surface area contributed by atoms with Gasteiger partial charge in [0, 0.05) is 6.08 Å². The zero-order valence-corrected chi connectivity index (χ0v) is 6.84. The molecule has 1 rings (SSSR count). The van der Waals surface area contributed by atoms with Crippen LogP contribution >= 0.6 is 0 Å². The summed E-state index contributed by atoms with van der Waals surface area (Å²) in [5.41, 5.74) is 1.11. The van der Waals surface area contributed by atoms with Gasteiger partial charge in [-0.1, -0.05) is 18.9 Å². The quantitative estimate of drug-likeness (QED) is 0.588. The molecule has 1 saturated carbocycles. The molecule has 0 heterocycles. The van der Waals surface area contributed by atoms with Gasteiger partial charge in [0.15, 0.2) is 0 Å². The fraction of sp³-hybridized carbons (Fsp3) is 0.667. The fourth-order valence-corrected chi connectivity index (χ4v) is 1.58. The molecule has 0 aromatic heterocycles. The number of carboxylic acid groups (broad SMARTS) is 1. The number of hydrogen-bond acceptors (Lipinski definition) is 1. The summed E-state index contributed by atoms with van der Waals surface area (Å²) in [6.45, 7) is 2.11. The predicted octanol–water partition coefficient (Wildman–Crippen LogP) is 2.21. The molecule has 2 heteroatoms. The second kappa shape index (κ2) is 3.56. The van der Waals surface area contributed by atoms with E-state index in [-0.39, 0.29) is 0 Å². The smallest absolute Gasteiger partial charge is 0.328 e. The van der Waals surface area contributed by atoms with Crippen LogP contribution in [0.3, 0.4) is 0 Å². The van der Waals surface area contributed by atoms with E-state index in [1.54, 1.807) is 0 Å². The first-order chi connectivity index (χ1) is 5.20. The highest BCUT2D eigenvalue weighted by Gasteiger charge is 2.14. The van der Waals surface area contributed by atoms with Crippen LogP contribution in [-0.2, 0) is 4.79 Å². The molecule has 0 aromatic rings. The van der Waals surface area contributed by atoms with E-state index in [0.29, 0.717) is 5.92 Å². The maximum atomic E-state index is 10.3. The van der Waals surface area contributed by atoms with Crippen LogP contribution < -0.4 is 0 Å². The Labute approximate surface area is 66.9 Å². The molecule has 11 heavy (non-hydrogen) atoms. The van der Waals surface area contributed by atoms with Gasteiger partial charge in [0.2, 0.25) is 0 Å². The normalized spacial score (nSPS) is 28.8. The number of rotatable bonds is 1. The van der Waals surface area contributed by atoms with Gasteiger partial charge in [0.25, 0.3) is 0 Å². The summed E-state index contributed by atoms with van der Waals surface area (Å²) in [7, 11) is 0. The average Bonchev–Trinajstić information content (AvgIpc) is 1.93. The first-order valence-electron chi connectivity index (χ1n) is 4.13. The number of allylic oxidation sites excluding steroid dienone is 1. The summed E-state index contributed by atoms with van der Waals surface area (Å²) in [6, 6.07) is 0. The molecule has 0 aromatic carbocycles. The van der Waals surface area contributed by atoms with Crippen molar-refractivity contribution in [2.75, 3.05) is 0 Å². The van der Waals surface area contributed by atoms with Crippen molar-refractivity contribution in [3.8, 4) is 0 Å². The zero-order valence-electron chi connectivity index (χ0n) is 6.84. The standard InChI is InChI=1S/C9H14O2/c1-7-4-2-3-5-8(7)6-9(10)11/h6-7H,2-5H2,1H3,(H,10,11)/b8-6+/t7-/m1/s1. The minimum atomic E-state index is -0.797. The van der Waals surface area contributed by atoms with Crippen LogP contribution in [0.4, 0.5) is 0 Å². The van der Waals surface area contributed by atoms with Crippen LogP contribution in [0.15, 0.2) is 11.6 Å². The summed E-state index contributed by atoms with van der Waals surface area (Å²) in [5.74, 6) is -0.311. The van der Waals surface area contributed by atoms with Gasteiger partial charge in [-0.15, -0.1) is 0 Å². The molecule has 0 amide bonds. The number of aliphatic carboxylic acids is 1. The molecule has 1 atom stereocenters. The molecule has 0 spiro atoms.